The number of benzene rings is 1. The number of aliphatic hydroxyl groups is 2. The van der Waals surface area contributed by atoms with E-state index in [9.17, 15) is 39.3 Å². The van der Waals surface area contributed by atoms with Crippen molar-refractivity contribution in [3.8, 4) is 5.75 Å². The molecule has 1 aromatic carbocycles. The van der Waals surface area contributed by atoms with E-state index in [0.29, 0.717) is 11.1 Å². The molecule has 35 heavy (non-hydrogen) atoms. The predicted molar refractivity (Wildman–Crippen MR) is 123 cm³/mol. The van der Waals surface area contributed by atoms with Gasteiger partial charge in [-0.05, 0) is 23.3 Å². The van der Waals surface area contributed by atoms with Crippen molar-refractivity contribution >= 4 is 29.0 Å². The Kier molecular flexibility index (Phi) is 5.80. The van der Waals surface area contributed by atoms with Gasteiger partial charge in [0.2, 0.25) is 5.91 Å². The molecule has 2 fully saturated rings. The lowest BCUT2D eigenvalue weighted by Crippen LogP contribution is -2.72. The molecular weight excluding hydrogens is 454 g/mol. The van der Waals surface area contributed by atoms with E-state index in [1.54, 1.807) is 19.1 Å². The van der Waals surface area contributed by atoms with Crippen molar-refractivity contribution in [2.75, 3.05) is 0 Å². The molecule has 0 aliphatic heterocycles. The van der Waals surface area contributed by atoms with Crippen molar-refractivity contribution in [2.24, 2.45) is 29.4 Å². The van der Waals surface area contributed by atoms with E-state index in [1.165, 1.54) is 0 Å². The van der Waals surface area contributed by atoms with Crippen molar-refractivity contribution in [2.45, 2.75) is 70.0 Å². The Morgan fingerprint density at radius 1 is 1.17 bits per heavy atom. The molecule has 9 heteroatoms. The molecule has 0 heterocycles. The zero-order chi connectivity index (χ0) is 26.2. The molecule has 4 rings (SSSR count). The number of nitrogens with two attached hydrogens (primary N) is 1. The van der Waals surface area contributed by atoms with Crippen LogP contribution in [0.25, 0.3) is 0 Å². The Hall–Kier alpha value is -2.91. The second kappa shape index (κ2) is 8.06. The lowest BCUT2D eigenvalue weighted by atomic mass is 9.50. The van der Waals surface area contributed by atoms with Gasteiger partial charge in [-0.2, -0.15) is 0 Å². The molecule has 0 radical (unpaired) electrons. The summed E-state index contributed by atoms with van der Waals surface area (Å²) in [5.74, 6) is -12.6. The van der Waals surface area contributed by atoms with Crippen LogP contribution in [0, 0.1) is 23.7 Å². The molecule has 0 spiro atoms. The summed E-state index contributed by atoms with van der Waals surface area (Å²) in [6.07, 6.45) is -0.602. The number of Topliss-reactive ketones (excluding diaryl/α,β-unsaturated/α-hetero) is 4. The van der Waals surface area contributed by atoms with Gasteiger partial charge >= 0.3 is 0 Å². The molecular formula is C26H31NO8. The SMILES string of the molecule is CCCC(C)(C)c1ccc2c(c1O)C(=O)C1C(=O)[C@]3(O)C(=O)C(C(N)=O)C(=O)C[C@@H]3[C@@H](O)[C@@H]1[C@H]2C. The van der Waals surface area contributed by atoms with Crippen LogP contribution < -0.4 is 5.73 Å². The number of fused-ring (bicyclic) bond motifs is 3. The maximum atomic E-state index is 13.7. The van der Waals surface area contributed by atoms with Crippen molar-refractivity contribution in [3.63, 3.8) is 0 Å². The number of phenols is 1. The Balaban J connectivity index is 1.88. The van der Waals surface area contributed by atoms with Crippen LogP contribution in [0.2, 0.25) is 0 Å². The van der Waals surface area contributed by atoms with Crippen LogP contribution in [-0.4, -0.2) is 56.1 Å². The minimum atomic E-state index is -2.91. The van der Waals surface area contributed by atoms with Gasteiger partial charge in [-0.25, -0.2) is 0 Å². The molecule has 0 aromatic heterocycles. The zero-order valence-electron chi connectivity index (χ0n) is 20.2. The summed E-state index contributed by atoms with van der Waals surface area (Å²) >= 11 is 0. The van der Waals surface area contributed by atoms with Crippen LogP contribution in [0.3, 0.4) is 0 Å². The second-order valence-corrected chi connectivity index (χ2v) is 10.9. The molecule has 188 valence electrons. The summed E-state index contributed by atoms with van der Waals surface area (Å²) in [5, 5.41) is 33.7. The third-order valence-electron chi connectivity index (χ3n) is 8.46. The highest BCUT2D eigenvalue weighted by Gasteiger charge is 2.69. The number of ketones is 4. The third-order valence-corrected chi connectivity index (χ3v) is 8.46. The number of hydrogen-bond acceptors (Lipinski definition) is 8. The van der Waals surface area contributed by atoms with Crippen molar-refractivity contribution in [1.29, 1.82) is 0 Å². The number of aliphatic hydroxyl groups excluding tert-OH is 1. The third kappa shape index (κ3) is 3.24. The van der Waals surface area contributed by atoms with Gasteiger partial charge < -0.3 is 21.1 Å². The van der Waals surface area contributed by atoms with Crippen LogP contribution in [0.15, 0.2) is 12.1 Å². The molecule has 7 atom stereocenters. The largest absolute Gasteiger partial charge is 0.507 e. The fourth-order valence-electron chi connectivity index (χ4n) is 6.66. The van der Waals surface area contributed by atoms with Crippen LogP contribution in [0.5, 0.6) is 5.75 Å². The van der Waals surface area contributed by atoms with Gasteiger partial charge in [0.05, 0.1) is 17.6 Å². The van der Waals surface area contributed by atoms with Crippen LogP contribution in [0.1, 0.15) is 74.4 Å². The molecule has 0 saturated heterocycles. The first-order valence-electron chi connectivity index (χ1n) is 11.9. The Bertz CT molecular complexity index is 1170. The number of aromatic hydroxyl groups is 1. The molecule has 3 aliphatic rings. The van der Waals surface area contributed by atoms with Gasteiger partial charge in [-0.1, -0.05) is 46.2 Å². The van der Waals surface area contributed by atoms with E-state index in [0.717, 1.165) is 12.8 Å². The number of phenolic OH excluding ortho intramolecular Hbond substituents is 1. The lowest BCUT2D eigenvalue weighted by Gasteiger charge is -2.53. The first-order chi connectivity index (χ1) is 16.2. The molecule has 9 nitrogen and oxygen atoms in total. The van der Waals surface area contributed by atoms with E-state index in [2.05, 4.69) is 0 Å². The van der Waals surface area contributed by atoms with Crippen molar-refractivity contribution in [1.82, 2.24) is 0 Å². The minimum Gasteiger partial charge on any atom is -0.507 e. The van der Waals surface area contributed by atoms with E-state index < -0.39 is 82.2 Å². The Morgan fingerprint density at radius 3 is 2.37 bits per heavy atom. The maximum absolute atomic E-state index is 13.7. The Morgan fingerprint density at radius 2 is 1.80 bits per heavy atom. The molecule has 5 N–H and O–H groups in total. The predicted octanol–water partition coefficient (Wildman–Crippen LogP) is 0.936. The standard InChI is InChI=1S/C26H31NO8/c1-5-8-25(3,4)12-7-6-11-10(2)15-18(21(31)16(11)19(12)29)23(33)26(35)13(20(15)30)9-14(28)17(22(26)32)24(27)34/h6-7,10,13,15,17-18,20,29-30,35H,5,8-9H2,1-4H3,(H2,27,34)/t10-,13+,15+,17?,18?,20+,26+/m0/s1. The summed E-state index contributed by atoms with van der Waals surface area (Å²) < 4.78 is 0. The summed E-state index contributed by atoms with van der Waals surface area (Å²) in [6, 6.07) is 3.45. The maximum Gasteiger partial charge on any atom is 0.235 e. The topological polar surface area (TPSA) is 172 Å². The molecule has 1 amide bonds. The Labute approximate surface area is 202 Å². The number of primary amides is 1. The minimum absolute atomic E-state index is 0.0613. The number of carbonyl (C=O) groups is 5. The second-order valence-electron chi connectivity index (χ2n) is 10.9. The fourth-order valence-corrected chi connectivity index (χ4v) is 6.66. The summed E-state index contributed by atoms with van der Waals surface area (Å²) in [4.78, 5) is 64.7. The van der Waals surface area contributed by atoms with E-state index in [-0.39, 0.29) is 11.3 Å². The van der Waals surface area contributed by atoms with Gasteiger partial charge in [0.15, 0.2) is 34.7 Å². The average molecular weight is 486 g/mol. The van der Waals surface area contributed by atoms with Gasteiger partial charge in [0, 0.05) is 23.8 Å². The van der Waals surface area contributed by atoms with Gasteiger partial charge in [-0.3, -0.25) is 24.0 Å². The van der Waals surface area contributed by atoms with Gasteiger partial charge in [0.25, 0.3) is 0 Å². The number of hydrogen-bond donors (Lipinski definition) is 4. The van der Waals surface area contributed by atoms with Crippen molar-refractivity contribution in [3.05, 3.63) is 28.8 Å². The summed E-state index contributed by atoms with van der Waals surface area (Å²) in [7, 11) is 0. The number of rotatable bonds is 4. The van der Waals surface area contributed by atoms with E-state index in [1.807, 2.05) is 20.8 Å². The monoisotopic (exact) mass is 485 g/mol. The first kappa shape index (κ1) is 25.2. The molecule has 2 saturated carbocycles. The van der Waals surface area contributed by atoms with E-state index >= 15 is 0 Å². The van der Waals surface area contributed by atoms with Crippen LogP contribution in [0.4, 0.5) is 0 Å². The quantitative estimate of drug-likeness (QED) is 0.456. The van der Waals surface area contributed by atoms with Gasteiger partial charge in [-0.15, -0.1) is 0 Å². The molecule has 0 bridgehead atoms. The van der Waals surface area contributed by atoms with Crippen molar-refractivity contribution < 1.29 is 39.3 Å². The van der Waals surface area contributed by atoms with E-state index in [4.69, 9.17) is 5.73 Å². The highest BCUT2D eigenvalue weighted by Crippen LogP contribution is 2.54. The summed E-state index contributed by atoms with van der Waals surface area (Å²) in [5.41, 5.74) is 2.73. The average Bonchev–Trinajstić information content (AvgIpc) is 2.76. The molecule has 2 unspecified atom stereocenters. The smallest absolute Gasteiger partial charge is 0.235 e. The normalized spacial score (nSPS) is 34.8. The number of amides is 1. The first-order valence-corrected chi connectivity index (χ1v) is 11.9. The molecule has 3 aliphatic carbocycles. The number of carbonyl (C=O) groups excluding carboxylic acids is 5. The van der Waals surface area contributed by atoms with Crippen LogP contribution in [-0.2, 0) is 24.6 Å². The highest BCUT2D eigenvalue weighted by atomic mass is 16.3. The van der Waals surface area contributed by atoms with Gasteiger partial charge in [0.1, 0.15) is 5.75 Å². The highest BCUT2D eigenvalue weighted by molar-refractivity contribution is 6.31. The molecule has 1 aromatic rings. The summed E-state index contributed by atoms with van der Waals surface area (Å²) in [6.45, 7) is 7.56. The fraction of sp³-hybridized carbons (Fsp3) is 0.577. The lowest BCUT2D eigenvalue weighted by molar-refractivity contribution is -0.189. The van der Waals surface area contributed by atoms with Crippen LogP contribution >= 0.6 is 0 Å². The zero-order valence-corrected chi connectivity index (χ0v) is 20.2.